The van der Waals surface area contributed by atoms with Gasteiger partial charge < -0.3 is 15.5 Å². The summed E-state index contributed by atoms with van der Waals surface area (Å²) in [7, 11) is 0. The molecule has 4 N–H and O–H groups in total. The van der Waals surface area contributed by atoms with Gasteiger partial charge in [0, 0.05) is 23.6 Å². The first-order valence-electron chi connectivity index (χ1n) is 7.52. The van der Waals surface area contributed by atoms with Gasteiger partial charge in [0.05, 0.1) is 11.6 Å². The second kappa shape index (κ2) is 6.64. The lowest BCUT2D eigenvalue weighted by molar-refractivity contribution is 0.0941. The van der Waals surface area contributed by atoms with Crippen LogP contribution >= 0.6 is 0 Å². The number of aromatic nitrogens is 1. The lowest BCUT2D eigenvalue weighted by atomic mass is 10.0. The first-order chi connectivity index (χ1) is 11.2. The van der Waals surface area contributed by atoms with Crippen molar-refractivity contribution in [2.75, 3.05) is 0 Å². The molecule has 0 spiro atoms. The van der Waals surface area contributed by atoms with E-state index < -0.39 is 0 Å². The van der Waals surface area contributed by atoms with E-state index in [0.29, 0.717) is 12.1 Å². The average Bonchev–Trinajstić information content (AvgIpc) is 2.99. The summed E-state index contributed by atoms with van der Waals surface area (Å²) in [5.74, 6) is -0.111. The number of hydrogen-bond acceptors (Lipinski definition) is 3. The topological polar surface area (TPSA) is 77.2 Å². The molecular formula is C18H19N3O2. The van der Waals surface area contributed by atoms with Crippen LogP contribution in [0.2, 0.25) is 0 Å². The summed E-state index contributed by atoms with van der Waals surface area (Å²) in [5.41, 5.74) is 5.68. The molecule has 0 radical (unpaired) electrons. The van der Waals surface area contributed by atoms with Crippen molar-refractivity contribution in [1.29, 1.82) is 0 Å². The Balaban J connectivity index is 1.78. The van der Waals surface area contributed by atoms with Gasteiger partial charge in [-0.1, -0.05) is 42.5 Å². The van der Waals surface area contributed by atoms with E-state index in [2.05, 4.69) is 15.8 Å². The van der Waals surface area contributed by atoms with E-state index in [1.54, 1.807) is 6.20 Å². The molecule has 1 unspecified atom stereocenters. The van der Waals surface area contributed by atoms with Crippen LogP contribution in [0.1, 0.15) is 34.5 Å². The largest absolute Gasteiger partial charge is 0.360 e. The Morgan fingerprint density at radius 3 is 2.87 bits per heavy atom. The minimum atomic E-state index is -0.130. The quantitative estimate of drug-likeness (QED) is 0.547. The number of amides is 1. The van der Waals surface area contributed by atoms with Crippen molar-refractivity contribution in [1.82, 2.24) is 15.8 Å². The van der Waals surface area contributed by atoms with E-state index in [9.17, 15) is 4.79 Å². The van der Waals surface area contributed by atoms with Crippen molar-refractivity contribution in [3.8, 4) is 0 Å². The molecule has 23 heavy (non-hydrogen) atoms. The molecule has 3 rings (SSSR count). The Morgan fingerprint density at radius 1 is 1.22 bits per heavy atom. The Hall–Kier alpha value is -2.63. The van der Waals surface area contributed by atoms with Gasteiger partial charge in [0.2, 0.25) is 0 Å². The highest BCUT2D eigenvalue weighted by molar-refractivity contribution is 6.06. The summed E-state index contributed by atoms with van der Waals surface area (Å²) in [6.07, 6.45) is 1.73. The molecule has 0 saturated heterocycles. The second-order valence-electron chi connectivity index (χ2n) is 5.52. The molecule has 0 aliphatic rings. The monoisotopic (exact) mass is 309 g/mol. The molecule has 5 nitrogen and oxygen atoms in total. The molecule has 0 fully saturated rings. The Labute approximate surface area is 134 Å². The summed E-state index contributed by atoms with van der Waals surface area (Å²) < 4.78 is 0. The molecular weight excluding hydrogens is 290 g/mol. The van der Waals surface area contributed by atoms with Crippen LogP contribution in [-0.2, 0) is 6.54 Å². The number of benzene rings is 2. The predicted octanol–water partition coefficient (Wildman–Crippen LogP) is 3.14. The van der Waals surface area contributed by atoms with E-state index >= 15 is 0 Å². The Kier molecular flexibility index (Phi) is 4.41. The van der Waals surface area contributed by atoms with E-state index in [1.807, 2.05) is 55.5 Å². The normalized spacial score (nSPS) is 12.3. The summed E-state index contributed by atoms with van der Waals surface area (Å²) in [4.78, 5) is 15.6. The maximum Gasteiger partial charge on any atom is 0.253 e. The van der Waals surface area contributed by atoms with Gasteiger partial charge in [-0.2, -0.15) is 0 Å². The number of hydroxylamine groups is 1. The van der Waals surface area contributed by atoms with E-state index in [-0.39, 0.29) is 11.9 Å². The summed E-state index contributed by atoms with van der Waals surface area (Å²) in [6, 6.07) is 15.3. The van der Waals surface area contributed by atoms with Gasteiger partial charge in [-0.15, -0.1) is 0 Å². The van der Waals surface area contributed by atoms with Crippen molar-refractivity contribution in [3.63, 3.8) is 0 Å². The zero-order valence-electron chi connectivity index (χ0n) is 12.8. The van der Waals surface area contributed by atoms with Crippen molar-refractivity contribution in [2.45, 2.75) is 19.5 Å². The molecule has 0 aliphatic carbocycles. The Bertz CT molecular complexity index is 826. The third-order valence-electron chi connectivity index (χ3n) is 3.92. The van der Waals surface area contributed by atoms with Gasteiger partial charge in [0.15, 0.2) is 0 Å². The predicted molar refractivity (Wildman–Crippen MR) is 89.2 cm³/mol. The third kappa shape index (κ3) is 3.26. The molecule has 118 valence electrons. The number of nitrogens with one attached hydrogen (secondary N) is 3. The summed E-state index contributed by atoms with van der Waals surface area (Å²) in [5, 5.41) is 12.7. The van der Waals surface area contributed by atoms with Gasteiger partial charge in [-0.3, -0.25) is 4.79 Å². The lowest BCUT2D eigenvalue weighted by Crippen LogP contribution is -2.26. The zero-order chi connectivity index (χ0) is 16.2. The fraction of sp³-hybridized carbons (Fsp3) is 0.167. The summed E-state index contributed by atoms with van der Waals surface area (Å²) in [6.45, 7) is 2.31. The van der Waals surface area contributed by atoms with Crippen LogP contribution < -0.4 is 10.8 Å². The molecule has 1 aromatic heterocycles. The van der Waals surface area contributed by atoms with Crippen LogP contribution in [-0.4, -0.2) is 16.1 Å². The number of rotatable bonds is 5. The molecule has 1 amide bonds. The molecule has 0 bridgehead atoms. The van der Waals surface area contributed by atoms with Crippen molar-refractivity contribution >= 4 is 16.8 Å². The van der Waals surface area contributed by atoms with E-state index in [4.69, 9.17) is 5.21 Å². The van der Waals surface area contributed by atoms with Crippen LogP contribution in [0.4, 0.5) is 0 Å². The maximum absolute atomic E-state index is 12.5. The van der Waals surface area contributed by atoms with Crippen LogP contribution in [0.15, 0.2) is 54.7 Å². The molecule has 3 aromatic rings. The number of fused-ring (bicyclic) bond motifs is 1. The van der Waals surface area contributed by atoms with Gasteiger partial charge in [-0.05, 0) is 24.1 Å². The van der Waals surface area contributed by atoms with Crippen molar-refractivity contribution in [3.05, 3.63) is 71.4 Å². The average molecular weight is 309 g/mol. The van der Waals surface area contributed by atoms with E-state index in [0.717, 1.165) is 22.0 Å². The van der Waals surface area contributed by atoms with Gasteiger partial charge in [0.1, 0.15) is 0 Å². The molecule has 1 atom stereocenters. The number of aromatic amines is 1. The Morgan fingerprint density at radius 2 is 2.04 bits per heavy atom. The van der Waals surface area contributed by atoms with Crippen LogP contribution in [0.25, 0.3) is 10.9 Å². The van der Waals surface area contributed by atoms with Crippen molar-refractivity contribution in [2.24, 2.45) is 0 Å². The van der Waals surface area contributed by atoms with Crippen LogP contribution in [0, 0.1) is 0 Å². The number of carbonyl (C=O) groups is 1. The molecule has 2 aromatic carbocycles. The van der Waals surface area contributed by atoms with Gasteiger partial charge in [-0.25, -0.2) is 5.48 Å². The molecule has 0 aliphatic heterocycles. The standard InChI is InChI=1S/C18H19N3O2/c1-12(14-6-4-5-13(9-14)10-20-23)21-18(22)16-11-19-17-8-3-2-7-15(16)17/h2-9,11-12,19-20,23H,10H2,1H3,(H,21,22). The molecule has 0 saturated carbocycles. The first-order valence-corrected chi connectivity index (χ1v) is 7.52. The number of para-hydroxylation sites is 1. The highest BCUT2D eigenvalue weighted by Gasteiger charge is 2.15. The lowest BCUT2D eigenvalue weighted by Gasteiger charge is -2.15. The fourth-order valence-electron chi connectivity index (χ4n) is 2.68. The zero-order valence-corrected chi connectivity index (χ0v) is 12.8. The second-order valence-corrected chi connectivity index (χ2v) is 5.52. The van der Waals surface area contributed by atoms with Crippen LogP contribution in [0.3, 0.4) is 0 Å². The third-order valence-corrected chi connectivity index (χ3v) is 3.92. The van der Waals surface area contributed by atoms with E-state index in [1.165, 1.54) is 0 Å². The highest BCUT2D eigenvalue weighted by Crippen LogP contribution is 2.20. The van der Waals surface area contributed by atoms with Crippen molar-refractivity contribution < 1.29 is 10.0 Å². The molecule has 5 heteroatoms. The minimum Gasteiger partial charge on any atom is -0.360 e. The maximum atomic E-state index is 12.5. The minimum absolute atomic E-state index is 0.111. The summed E-state index contributed by atoms with van der Waals surface area (Å²) >= 11 is 0. The first kappa shape index (κ1) is 15.3. The smallest absolute Gasteiger partial charge is 0.253 e. The number of carbonyl (C=O) groups excluding carboxylic acids is 1. The van der Waals surface area contributed by atoms with Gasteiger partial charge >= 0.3 is 0 Å². The number of H-pyrrole nitrogens is 1. The molecule has 1 heterocycles. The fourth-order valence-corrected chi connectivity index (χ4v) is 2.68. The SMILES string of the molecule is CC(NC(=O)c1c[nH]c2ccccc12)c1cccc(CNO)c1. The van der Waals surface area contributed by atoms with Gasteiger partial charge in [0.25, 0.3) is 5.91 Å². The van der Waals surface area contributed by atoms with Crippen LogP contribution in [0.5, 0.6) is 0 Å². The highest BCUT2D eigenvalue weighted by atomic mass is 16.5. The number of hydrogen-bond donors (Lipinski definition) is 4.